The number of carbonyl (C=O) groups excluding carboxylic acids is 1. The first-order valence-electron chi connectivity index (χ1n) is 12.5. The number of amides is 1. The van der Waals surface area contributed by atoms with Crippen molar-refractivity contribution in [3.63, 3.8) is 0 Å². The Labute approximate surface area is 224 Å². The number of hydrogen-bond acceptors (Lipinski definition) is 8. The maximum absolute atomic E-state index is 14.4. The zero-order valence-electron chi connectivity index (χ0n) is 21.7. The second-order valence-corrected chi connectivity index (χ2v) is 9.45. The van der Waals surface area contributed by atoms with E-state index in [1.54, 1.807) is 46.4 Å². The van der Waals surface area contributed by atoms with Crippen molar-refractivity contribution < 1.29 is 14.4 Å². The lowest BCUT2D eigenvalue weighted by Crippen LogP contribution is -2.48. The maximum atomic E-state index is 14.4. The van der Waals surface area contributed by atoms with Crippen LogP contribution in [0.3, 0.4) is 0 Å². The van der Waals surface area contributed by atoms with E-state index in [-0.39, 0.29) is 11.5 Å². The second kappa shape index (κ2) is 12.6. The first kappa shape index (κ1) is 27.1. The summed E-state index contributed by atoms with van der Waals surface area (Å²) in [4.78, 5) is 26.4. The Hall–Kier alpha value is -3.90. The summed E-state index contributed by atoms with van der Waals surface area (Å²) in [5, 5.41) is 19.6. The minimum Gasteiger partial charge on any atom is -0.426 e. The van der Waals surface area contributed by atoms with Crippen LogP contribution in [0.2, 0.25) is 0 Å². The van der Waals surface area contributed by atoms with Crippen LogP contribution in [0.1, 0.15) is 41.0 Å². The number of halogens is 1. The summed E-state index contributed by atoms with van der Waals surface area (Å²) in [6.07, 6.45) is 4.93. The fraction of sp³-hybridized carbons (Fsp3) is 0.346. The molecule has 4 heterocycles. The normalized spacial score (nSPS) is 14.3. The number of nitrogens with zero attached hydrogens (tertiary/aromatic N) is 8. The molecule has 200 valence electrons. The Morgan fingerprint density at radius 3 is 2.61 bits per heavy atom. The fourth-order valence-corrected chi connectivity index (χ4v) is 4.74. The summed E-state index contributed by atoms with van der Waals surface area (Å²) in [7, 11) is 0. The first-order valence-corrected chi connectivity index (χ1v) is 13.3. The smallest absolute Gasteiger partial charge is 0.256 e. The van der Waals surface area contributed by atoms with Crippen molar-refractivity contribution >= 4 is 23.1 Å². The molecule has 1 aliphatic heterocycles. The Bertz CT molecular complexity index is 1430. The maximum Gasteiger partial charge on any atom is 0.256 e. The summed E-state index contributed by atoms with van der Waals surface area (Å²) in [6.45, 7) is 9.02. The van der Waals surface area contributed by atoms with E-state index in [1.807, 2.05) is 26.0 Å². The van der Waals surface area contributed by atoms with Gasteiger partial charge < -0.3 is 10.1 Å². The lowest BCUT2D eigenvalue weighted by atomic mass is 10.1. The highest BCUT2D eigenvalue weighted by Crippen LogP contribution is 2.19. The van der Waals surface area contributed by atoms with Crippen molar-refractivity contribution in [2.24, 2.45) is 4.99 Å². The van der Waals surface area contributed by atoms with Gasteiger partial charge in [0, 0.05) is 44.3 Å². The number of piperazine rings is 1. The molecule has 4 aromatic rings. The van der Waals surface area contributed by atoms with E-state index in [0.29, 0.717) is 55.5 Å². The third-order valence-corrected chi connectivity index (χ3v) is 6.74. The van der Waals surface area contributed by atoms with Crippen LogP contribution in [0.5, 0.6) is 0 Å². The highest BCUT2D eigenvalue weighted by molar-refractivity contribution is 7.07. The van der Waals surface area contributed by atoms with Crippen LogP contribution in [-0.4, -0.2) is 71.8 Å². The zero-order chi connectivity index (χ0) is 27.1. The standard InChI is InChI=1S/C24H25FN8O2S.C2H6/c1-17-3-2-4-20(22(17)25)23(34)31-9-7-30(8-10-31)16-19-13-18(15-32-6-5-26-29-32)14-21(27-19)28-24-33(35)11-12-36-24;1-2/h2-6,11-14,35H,7-10,15-16H2,1H3;1-2H3/b28-24-;. The number of benzene rings is 1. The van der Waals surface area contributed by atoms with E-state index in [1.165, 1.54) is 23.6 Å². The van der Waals surface area contributed by atoms with Crippen LogP contribution in [-0.2, 0) is 13.1 Å². The van der Waals surface area contributed by atoms with E-state index in [4.69, 9.17) is 4.98 Å². The Balaban J connectivity index is 0.00000164. The summed E-state index contributed by atoms with van der Waals surface area (Å²) in [5.74, 6) is -0.251. The largest absolute Gasteiger partial charge is 0.426 e. The zero-order valence-corrected chi connectivity index (χ0v) is 22.5. The van der Waals surface area contributed by atoms with Crippen LogP contribution in [0.4, 0.5) is 10.2 Å². The Morgan fingerprint density at radius 1 is 1.13 bits per heavy atom. The molecule has 1 saturated heterocycles. The molecule has 5 rings (SSSR count). The molecule has 0 bridgehead atoms. The summed E-state index contributed by atoms with van der Waals surface area (Å²) in [6, 6.07) is 8.76. The van der Waals surface area contributed by atoms with Gasteiger partial charge in [0.25, 0.3) is 5.91 Å². The second-order valence-electron chi connectivity index (χ2n) is 8.57. The number of pyridine rings is 1. The molecule has 3 aromatic heterocycles. The number of thiazole rings is 1. The van der Waals surface area contributed by atoms with Gasteiger partial charge in [-0.3, -0.25) is 9.69 Å². The van der Waals surface area contributed by atoms with E-state index < -0.39 is 5.82 Å². The molecule has 0 spiro atoms. The van der Waals surface area contributed by atoms with Gasteiger partial charge in [0.2, 0.25) is 4.80 Å². The highest BCUT2D eigenvalue weighted by atomic mass is 32.1. The molecular formula is C26H31FN8O2S. The van der Waals surface area contributed by atoms with Crippen LogP contribution >= 0.6 is 11.3 Å². The number of aromatic nitrogens is 5. The van der Waals surface area contributed by atoms with E-state index in [0.717, 1.165) is 16.0 Å². The predicted molar refractivity (Wildman–Crippen MR) is 142 cm³/mol. The van der Waals surface area contributed by atoms with Gasteiger partial charge >= 0.3 is 0 Å². The summed E-state index contributed by atoms with van der Waals surface area (Å²) < 4.78 is 17.1. The minimum absolute atomic E-state index is 0.117. The van der Waals surface area contributed by atoms with E-state index in [2.05, 4.69) is 20.2 Å². The molecule has 1 aliphatic rings. The molecule has 0 radical (unpaired) electrons. The molecule has 0 aliphatic carbocycles. The average Bonchev–Trinajstić information content (AvgIpc) is 3.58. The van der Waals surface area contributed by atoms with Crippen LogP contribution in [0.15, 0.2) is 59.3 Å². The highest BCUT2D eigenvalue weighted by Gasteiger charge is 2.25. The Kier molecular flexibility index (Phi) is 8.98. The molecule has 1 N–H and O–H groups in total. The topological polar surface area (TPSA) is 105 Å². The van der Waals surface area contributed by atoms with Gasteiger partial charge in [0.15, 0.2) is 5.82 Å². The van der Waals surface area contributed by atoms with Gasteiger partial charge in [-0.15, -0.1) is 16.4 Å². The average molecular weight is 539 g/mol. The van der Waals surface area contributed by atoms with Crippen LogP contribution in [0.25, 0.3) is 0 Å². The summed E-state index contributed by atoms with van der Waals surface area (Å²) in [5.41, 5.74) is 2.35. The molecule has 12 heteroatoms. The molecule has 1 aromatic carbocycles. The first-order chi connectivity index (χ1) is 18.5. The van der Waals surface area contributed by atoms with Gasteiger partial charge in [-0.25, -0.2) is 14.1 Å². The van der Waals surface area contributed by atoms with Crippen molar-refractivity contribution in [1.29, 1.82) is 0 Å². The van der Waals surface area contributed by atoms with Gasteiger partial charge in [0.1, 0.15) is 5.82 Å². The molecule has 0 unspecified atom stereocenters. The van der Waals surface area contributed by atoms with Crippen molar-refractivity contribution in [3.8, 4) is 0 Å². The van der Waals surface area contributed by atoms with Gasteiger partial charge in [-0.05, 0) is 36.2 Å². The van der Waals surface area contributed by atoms with Crippen LogP contribution in [0, 0.1) is 12.7 Å². The molecule has 38 heavy (non-hydrogen) atoms. The molecule has 10 nitrogen and oxygen atoms in total. The van der Waals surface area contributed by atoms with Gasteiger partial charge in [0.05, 0.1) is 30.2 Å². The molecular weight excluding hydrogens is 507 g/mol. The van der Waals surface area contributed by atoms with Crippen LogP contribution < -0.4 is 4.80 Å². The molecule has 0 saturated carbocycles. The molecule has 1 amide bonds. The lowest BCUT2D eigenvalue weighted by Gasteiger charge is -2.34. The molecule has 1 fully saturated rings. The quantitative estimate of drug-likeness (QED) is 0.377. The predicted octanol–water partition coefficient (Wildman–Crippen LogP) is 3.49. The summed E-state index contributed by atoms with van der Waals surface area (Å²) >= 11 is 1.30. The fourth-order valence-electron chi connectivity index (χ4n) is 4.13. The third-order valence-electron chi connectivity index (χ3n) is 5.99. The minimum atomic E-state index is -0.454. The number of rotatable bonds is 6. The lowest BCUT2D eigenvalue weighted by molar-refractivity contribution is 0.0622. The van der Waals surface area contributed by atoms with Gasteiger partial charge in [-0.2, -0.15) is 9.72 Å². The van der Waals surface area contributed by atoms with Crippen molar-refractivity contribution in [2.75, 3.05) is 26.2 Å². The number of hydrogen-bond donors (Lipinski definition) is 1. The number of aryl methyl sites for hydroxylation is 1. The van der Waals surface area contributed by atoms with Crippen molar-refractivity contribution in [1.82, 2.24) is 34.5 Å². The SMILES string of the molecule is CC.Cc1cccc(C(=O)N2CCN(Cc3cc(Cn4ccnn4)cc(/N=c4\sccn4O)n3)CC2)c1F. The Morgan fingerprint density at radius 2 is 1.92 bits per heavy atom. The monoisotopic (exact) mass is 538 g/mol. The van der Waals surface area contributed by atoms with Gasteiger partial charge in [-0.1, -0.05) is 31.2 Å². The van der Waals surface area contributed by atoms with E-state index >= 15 is 0 Å². The van der Waals surface area contributed by atoms with Crippen molar-refractivity contribution in [3.05, 3.63) is 87.3 Å². The van der Waals surface area contributed by atoms with Crippen molar-refractivity contribution in [2.45, 2.75) is 33.9 Å². The third kappa shape index (κ3) is 6.50. The number of carbonyl (C=O) groups is 1. The molecule has 0 atom stereocenters. The van der Waals surface area contributed by atoms with E-state index in [9.17, 15) is 14.4 Å².